The summed E-state index contributed by atoms with van der Waals surface area (Å²) in [5.74, 6) is -1.38. The molecule has 2 aromatic rings. The molecule has 8 heteroatoms. The maximum Gasteiger partial charge on any atom is 0.325 e. The number of benzene rings is 1. The second-order valence-electron chi connectivity index (χ2n) is 4.62. The van der Waals surface area contributed by atoms with Gasteiger partial charge >= 0.3 is 5.95 Å². The number of hydrogen-bond donors (Lipinski definition) is 4. The molecule has 0 atom stereocenters. The van der Waals surface area contributed by atoms with Crippen LogP contribution in [0, 0.1) is 11.6 Å². The zero-order valence-corrected chi connectivity index (χ0v) is 11.9. The highest BCUT2D eigenvalue weighted by Crippen LogP contribution is 2.13. The average molecular weight is 308 g/mol. The molecular weight excluding hydrogens is 292 g/mol. The highest BCUT2D eigenvalue weighted by atomic mass is 19.1. The van der Waals surface area contributed by atoms with Gasteiger partial charge in [0.2, 0.25) is 0 Å². The Kier molecular flexibility index (Phi) is 4.82. The van der Waals surface area contributed by atoms with E-state index in [-0.39, 0.29) is 23.2 Å². The molecule has 1 heterocycles. The molecule has 0 aliphatic rings. The van der Waals surface area contributed by atoms with E-state index in [4.69, 9.17) is 5.73 Å². The van der Waals surface area contributed by atoms with E-state index in [1.54, 1.807) is 0 Å². The van der Waals surface area contributed by atoms with Gasteiger partial charge in [0.15, 0.2) is 5.82 Å². The first-order chi connectivity index (χ1) is 10.5. The quantitative estimate of drug-likeness (QED) is 0.477. The molecule has 0 saturated carbocycles. The summed E-state index contributed by atoms with van der Waals surface area (Å²) < 4.78 is 26.3. The summed E-state index contributed by atoms with van der Waals surface area (Å²) in [5, 5.41) is 2.54. The van der Waals surface area contributed by atoms with Gasteiger partial charge in [-0.1, -0.05) is 6.92 Å². The Morgan fingerprint density at radius 1 is 1.41 bits per heavy atom. The van der Waals surface area contributed by atoms with Gasteiger partial charge in [0.1, 0.15) is 11.5 Å². The van der Waals surface area contributed by atoms with Crippen LogP contribution in [0.3, 0.4) is 0 Å². The number of aryl methyl sites for hydroxylation is 1. The van der Waals surface area contributed by atoms with Crippen LogP contribution in [0.1, 0.15) is 19.0 Å². The van der Waals surface area contributed by atoms with Crippen molar-refractivity contribution >= 4 is 17.6 Å². The molecule has 0 unspecified atom stereocenters. The molecule has 22 heavy (non-hydrogen) atoms. The van der Waals surface area contributed by atoms with Gasteiger partial charge in [-0.2, -0.15) is 0 Å². The minimum Gasteiger partial charge on any atom is -0.322 e. The fourth-order valence-corrected chi connectivity index (χ4v) is 1.85. The molecule has 0 aliphatic carbocycles. The molecule has 0 aliphatic heterocycles. The van der Waals surface area contributed by atoms with E-state index >= 15 is 0 Å². The molecule has 1 aromatic heterocycles. The van der Waals surface area contributed by atoms with Crippen LogP contribution in [-0.4, -0.2) is 15.9 Å². The van der Waals surface area contributed by atoms with Gasteiger partial charge < -0.3 is 5.73 Å². The van der Waals surface area contributed by atoms with E-state index in [0.717, 1.165) is 18.6 Å². The number of aromatic nitrogens is 2. The van der Waals surface area contributed by atoms with Crippen molar-refractivity contribution in [2.24, 2.45) is 5.73 Å². The summed E-state index contributed by atoms with van der Waals surface area (Å²) in [7, 11) is 0. The van der Waals surface area contributed by atoms with Crippen molar-refractivity contribution in [2.45, 2.75) is 19.8 Å². The molecule has 5 N–H and O–H groups in total. The van der Waals surface area contributed by atoms with E-state index in [1.807, 2.05) is 6.92 Å². The minimum absolute atomic E-state index is 0.00143. The molecule has 116 valence electrons. The summed E-state index contributed by atoms with van der Waals surface area (Å²) in [6.45, 7) is 1.97. The molecule has 0 fully saturated rings. The third kappa shape index (κ3) is 4.11. The van der Waals surface area contributed by atoms with E-state index < -0.39 is 11.6 Å². The lowest BCUT2D eigenvalue weighted by molar-refractivity contribution is -0.365. The zero-order chi connectivity index (χ0) is 16.1. The number of halogens is 2. The summed E-state index contributed by atoms with van der Waals surface area (Å²) in [4.78, 5) is 20.8. The lowest BCUT2D eigenvalue weighted by Crippen LogP contribution is -2.73. The Morgan fingerprint density at radius 3 is 2.86 bits per heavy atom. The first-order valence-corrected chi connectivity index (χ1v) is 6.69. The van der Waals surface area contributed by atoms with Crippen molar-refractivity contribution in [1.29, 1.82) is 0 Å². The van der Waals surface area contributed by atoms with Crippen LogP contribution in [0.15, 0.2) is 29.1 Å². The third-order valence-corrected chi connectivity index (χ3v) is 2.75. The van der Waals surface area contributed by atoms with E-state index in [2.05, 4.69) is 20.3 Å². The van der Waals surface area contributed by atoms with Gasteiger partial charge in [-0.05, 0) is 25.0 Å². The second kappa shape index (κ2) is 6.79. The summed E-state index contributed by atoms with van der Waals surface area (Å²) in [5.41, 5.74) is 5.99. The first kappa shape index (κ1) is 15.6. The molecule has 0 bridgehead atoms. The molecule has 0 radical (unpaired) electrons. The monoisotopic (exact) mass is 308 g/mol. The van der Waals surface area contributed by atoms with Crippen molar-refractivity contribution in [1.82, 2.24) is 9.97 Å². The fraction of sp³-hybridized carbons (Fsp3) is 0.214. The third-order valence-electron chi connectivity index (χ3n) is 2.75. The van der Waals surface area contributed by atoms with Crippen LogP contribution < -0.4 is 21.6 Å². The molecule has 2 rings (SSSR count). The molecule has 0 amide bonds. The summed E-state index contributed by atoms with van der Waals surface area (Å²) >= 11 is 0. The number of rotatable bonds is 4. The van der Waals surface area contributed by atoms with Crippen molar-refractivity contribution in [2.75, 3.05) is 5.32 Å². The minimum atomic E-state index is -0.786. The fourth-order valence-electron chi connectivity index (χ4n) is 1.85. The number of anilines is 1. The summed E-state index contributed by atoms with van der Waals surface area (Å²) in [6.07, 6.45) is 1.49. The largest absolute Gasteiger partial charge is 0.325 e. The Labute approximate surface area is 125 Å². The van der Waals surface area contributed by atoms with Gasteiger partial charge in [-0.15, -0.1) is 4.98 Å². The number of aromatic amines is 1. The van der Waals surface area contributed by atoms with Gasteiger partial charge in [-0.25, -0.2) is 18.8 Å². The Balaban J connectivity index is 2.23. The number of hydrogen-bond acceptors (Lipinski definition) is 2. The second-order valence-corrected chi connectivity index (χ2v) is 4.62. The van der Waals surface area contributed by atoms with E-state index in [9.17, 15) is 13.6 Å². The smallest absolute Gasteiger partial charge is 0.322 e. The van der Waals surface area contributed by atoms with Crippen LogP contribution >= 0.6 is 0 Å². The molecule has 1 aromatic carbocycles. The molecule has 6 nitrogen and oxygen atoms in total. The van der Waals surface area contributed by atoms with Crippen LogP contribution in [-0.2, 0) is 6.42 Å². The molecular formula is C14H16F2N5O+. The van der Waals surface area contributed by atoms with E-state index in [0.29, 0.717) is 12.1 Å². The standard InChI is InChI=1S/C14H15F2N5O/c1-2-3-9-7-12(22)20-14(18-9)21-13(17)19-11-5-4-8(15)6-10(11)16/h4-7H,2-3H2,1H3,(H4,17,18,19,20,21,22)/p+1. The highest BCUT2D eigenvalue weighted by Gasteiger charge is 2.09. The zero-order valence-electron chi connectivity index (χ0n) is 11.9. The number of nitrogens with one attached hydrogen (secondary N) is 3. The Morgan fingerprint density at radius 2 is 2.18 bits per heavy atom. The van der Waals surface area contributed by atoms with Crippen molar-refractivity contribution < 1.29 is 13.8 Å². The Bertz CT molecular complexity index is 757. The maximum absolute atomic E-state index is 13.5. The van der Waals surface area contributed by atoms with Gasteiger partial charge in [0, 0.05) is 12.1 Å². The number of nitrogens with two attached hydrogens (primary N) is 1. The number of H-pyrrole nitrogens is 1. The van der Waals surface area contributed by atoms with Gasteiger partial charge in [-0.3, -0.25) is 10.1 Å². The van der Waals surface area contributed by atoms with Crippen molar-refractivity contribution in [3.8, 4) is 0 Å². The van der Waals surface area contributed by atoms with Gasteiger partial charge in [0.25, 0.3) is 11.5 Å². The SMILES string of the molecule is CCCc1cc(=O)[nH]c([NH+]=C(N)Nc2ccc(F)cc2F)n1. The predicted molar refractivity (Wildman–Crippen MR) is 78.7 cm³/mol. The first-order valence-electron chi connectivity index (χ1n) is 6.69. The van der Waals surface area contributed by atoms with Crippen LogP contribution in [0.2, 0.25) is 0 Å². The predicted octanol–water partition coefficient (Wildman–Crippen LogP) is 0.139. The lowest BCUT2D eigenvalue weighted by atomic mass is 10.2. The number of guanidine groups is 1. The maximum atomic E-state index is 13.5. The topological polar surface area (TPSA) is 97.8 Å². The lowest BCUT2D eigenvalue weighted by Gasteiger charge is -2.03. The number of nitrogens with zero attached hydrogens (tertiary/aromatic N) is 1. The molecule has 0 spiro atoms. The summed E-state index contributed by atoms with van der Waals surface area (Å²) in [6, 6.07) is 4.44. The van der Waals surface area contributed by atoms with Crippen LogP contribution in [0.4, 0.5) is 20.4 Å². The van der Waals surface area contributed by atoms with Crippen molar-refractivity contribution in [3.05, 3.63) is 51.9 Å². The normalized spacial score (nSPS) is 11.5. The van der Waals surface area contributed by atoms with Crippen LogP contribution in [0.25, 0.3) is 0 Å². The Hall–Kier alpha value is -2.77. The molecule has 0 saturated heterocycles. The van der Waals surface area contributed by atoms with Crippen LogP contribution in [0.5, 0.6) is 0 Å². The average Bonchev–Trinajstić information content (AvgIpc) is 2.41. The van der Waals surface area contributed by atoms with Gasteiger partial charge in [0.05, 0.1) is 5.69 Å². The van der Waals surface area contributed by atoms with Crippen molar-refractivity contribution in [3.63, 3.8) is 0 Å². The van der Waals surface area contributed by atoms with E-state index in [1.165, 1.54) is 12.1 Å². The highest BCUT2D eigenvalue weighted by molar-refractivity contribution is 5.88.